The number of benzene rings is 1. The number of pyridine rings is 1. The summed E-state index contributed by atoms with van der Waals surface area (Å²) in [5.74, 6) is 0. The maximum Gasteiger partial charge on any atom is 0.0991 e. The zero-order chi connectivity index (χ0) is 14.2. The zero-order valence-electron chi connectivity index (χ0n) is 11.6. The van der Waals surface area contributed by atoms with E-state index in [9.17, 15) is 0 Å². The van der Waals surface area contributed by atoms with E-state index >= 15 is 0 Å². The second-order valence-electron chi connectivity index (χ2n) is 4.55. The van der Waals surface area contributed by atoms with Gasteiger partial charge < -0.3 is 10.6 Å². The molecule has 0 bridgehead atoms. The second kappa shape index (κ2) is 7.15. The normalized spacial score (nSPS) is 9.80. The summed E-state index contributed by atoms with van der Waals surface area (Å²) in [5, 5.41) is 15.4. The Morgan fingerprint density at radius 3 is 2.45 bits per heavy atom. The average Bonchev–Trinajstić information content (AvgIpc) is 2.52. The quantitative estimate of drug-likeness (QED) is 0.841. The fourth-order valence-electron chi connectivity index (χ4n) is 1.80. The van der Waals surface area contributed by atoms with E-state index in [1.165, 1.54) is 0 Å². The fourth-order valence-corrected chi connectivity index (χ4v) is 1.80. The van der Waals surface area contributed by atoms with Gasteiger partial charge in [0.15, 0.2) is 0 Å². The number of aromatic nitrogens is 1. The van der Waals surface area contributed by atoms with Crippen LogP contribution in [0.15, 0.2) is 42.7 Å². The minimum atomic E-state index is 0.682. The summed E-state index contributed by atoms with van der Waals surface area (Å²) in [7, 11) is 0. The topological polar surface area (TPSA) is 60.7 Å². The third-order valence-corrected chi connectivity index (χ3v) is 2.90. The predicted octanol–water partition coefficient (Wildman–Crippen LogP) is 3.39. The van der Waals surface area contributed by atoms with Crippen molar-refractivity contribution in [1.82, 2.24) is 4.98 Å². The molecule has 0 saturated carbocycles. The molecule has 2 rings (SSSR count). The first-order valence-electron chi connectivity index (χ1n) is 6.73. The summed E-state index contributed by atoms with van der Waals surface area (Å²) < 4.78 is 0. The Morgan fingerprint density at radius 2 is 1.80 bits per heavy atom. The van der Waals surface area contributed by atoms with E-state index in [-0.39, 0.29) is 0 Å². The zero-order valence-corrected chi connectivity index (χ0v) is 11.6. The first-order valence-corrected chi connectivity index (χ1v) is 6.73. The maximum atomic E-state index is 8.76. The van der Waals surface area contributed by atoms with Gasteiger partial charge in [-0.3, -0.25) is 4.98 Å². The Hall–Kier alpha value is -2.54. The molecule has 0 unspecified atom stereocenters. The van der Waals surface area contributed by atoms with Crippen molar-refractivity contribution in [3.8, 4) is 6.07 Å². The summed E-state index contributed by atoms with van der Waals surface area (Å²) in [5.41, 5.74) is 3.82. The lowest BCUT2D eigenvalue weighted by Gasteiger charge is -2.09. The standard InChI is InChI=1S/C16H18N4/c1-2-7-19-15-8-16(12-18-11-15)20-10-14-5-3-13(9-17)4-6-14/h3-6,8,11-12,19-20H,2,7,10H2,1H3. The number of hydrogen-bond acceptors (Lipinski definition) is 4. The minimum absolute atomic E-state index is 0.682. The predicted molar refractivity (Wildman–Crippen MR) is 81.5 cm³/mol. The molecule has 0 aliphatic heterocycles. The number of rotatable bonds is 6. The molecule has 0 atom stereocenters. The molecule has 1 aromatic carbocycles. The lowest BCUT2D eigenvalue weighted by atomic mass is 10.1. The van der Waals surface area contributed by atoms with Crippen LogP contribution in [0.4, 0.5) is 11.4 Å². The van der Waals surface area contributed by atoms with Gasteiger partial charge in [-0.25, -0.2) is 0 Å². The molecule has 102 valence electrons. The van der Waals surface area contributed by atoms with E-state index in [1.807, 2.05) is 36.5 Å². The molecule has 1 heterocycles. The molecule has 0 radical (unpaired) electrons. The van der Waals surface area contributed by atoms with Gasteiger partial charge in [-0.05, 0) is 30.2 Å². The first kappa shape index (κ1) is 13.9. The van der Waals surface area contributed by atoms with Crippen LogP contribution in [0.1, 0.15) is 24.5 Å². The Balaban J connectivity index is 1.94. The molecule has 0 spiro atoms. The van der Waals surface area contributed by atoms with E-state index in [4.69, 9.17) is 5.26 Å². The van der Waals surface area contributed by atoms with Crippen LogP contribution >= 0.6 is 0 Å². The van der Waals surface area contributed by atoms with Gasteiger partial charge in [0.05, 0.1) is 35.4 Å². The summed E-state index contributed by atoms with van der Waals surface area (Å²) in [6.45, 7) is 3.79. The molecule has 1 aromatic heterocycles. The van der Waals surface area contributed by atoms with Crippen molar-refractivity contribution in [1.29, 1.82) is 5.26 Å². The van der Waals surface area contributed by atoms with E-state index in [1.54, 1.807) is 6.20 Å². The van der Waals surface area contributed by atoms with Crippen molar-refractivity contribution in [2.24, 2.45) is 0 Å². The van der Waals surface area contributed by atoms with Crippen molar-refractivity contribution in [3.05, 3.63) is 53.9 Å². The van der Waals surface area contributed by atoms with Crippen LogP contribution in [0.5, 0.6) is 0 Å². The Kier molecular flexibility index (Phi) is 4.96. The van der Waals surface area contributed by atoms with E-state index < -0.39 is 0 Å². The molecule has 2 aromatic rings. The van der Waals surface area contributed by atoms with Gasteiger partial charge in [-0.15, -0.1) is 0 Å². The van der Waals surface area contributed by atoms with Gasteiger partial charge in [-0.2, -0.15) is 5.26 Å². The van der Waals surface area contributed by atoms with Crippen molar-refractivity contribution in [2.45, 2.75) is 19.9 Å². The van der Waals surface area contributed by atoms with Crippen LogP contribution in [-0.4, -0.2) is 11.5 Å². The molecule has 4 nitrogen and oxygen atoms in total. The van der Waals surface area contributed by atoms with Gasteiger partial charge in [0, 0.05) is 13.1 Å². The second-order valence-corrected chi connectivity index (χ2v) is 4.55. The summed E-state index contributed by atoms with van der Waals surface area (Å²) >= 11 is 0. The van der Waals surface area contributed by atoms with E-state index in [0.717, 1.165) is 29.9 Å². The van der Waals surface area contributed by atoms with Gasteiger partial charge in [0.1, 0.15) is 0 Å². The molecule has 0 aliphatic rings. The van der Waals surface area contributed by atoms with Gasteiger partial charge in [0.2, 0.25) is 0 Å². The number of hydrogen-bond donors (Lipinski definition) is 2. The van der Waals surface area contributed by atoms with Crippen LogP contribution < -0.4 is 10.6 Å². The van der Waals surface area contributed by atoms with Crippen LogP contribution in [0.25, 0.3) is 0 Å². The van der Waals surface area contributed by atoms with Gasteiger partial charge >= 0.3 is 0 Å². The summed E-state index contributed by atoms with van der Waals surface area (Å²) in [6, 6.07) is 11.7. The molecule has 2 N–H and O–H groups in total. The monoisotopic (exact) mass is 266 g/mol. The van der Waals surface area contributed by atoms with Crippen LogP contribution in [-0.2, 0) is 6.54 Å². The number of nitrogens with zero attached hydrogens (tertiary/aromatic N) is 2. The molecule has 4 heteroatoms. The third kappa shape index (κ3) is 3.99. The lowest BCUT2D eigenvalue weighted by Crippen LogP contribution is -2.03. The number of anilines is 2. The molecule has 0 aliphatic carbocycles. The molecule has 20 heavy (non-hydrogen) atoms. The fraction of sp³-hybridized carbons (Fsp3) is 0.250. The average molecular weight is 266 g/mol. The molecule has 0 saturated heterocycles. The van der Waals surface area contributed by atoms with Gasteiger partial charge in [-0.1, -0.05) is 19.1 Å². The molecular weight excluding hydrogens is 248 g/mol. The Morgan fingerprint density at radius 1 is 1.10 bits per heavy atom. The summed E-state index contributed by atoms with van der Waals surface area (Å²) in [4.78, 5) is 4.21. The number of nitriles is 1. The highest BCUT2D eigenvalue weighted by Crippen LogP contribution is 2.14. The maximum absolute atomic E-state index is 8.76. The van der Waals surface area contributed by atoms with Crippen LogP contribution in [0.3, 0.4) is 0 Å². The van der Waals surface area contributed by atoms with E-state index in [2.05, 4.69) is 28.6 Å². The highest BCUT2D eigenvalue weighted by molar-refractivity contribution is 5.54. The third-order valence-electron chi connectivity index (χ3n) is 2.90. The van der Waals surface area contributed by atoms with Crippen molar-refractivity contribution in [2.75, 3.05) is 17.2 Å². The van der Waals surface area contributed by atoms with Crippen LogP contribution in [0.2, 0.25) is 0 Å². The largest absolute Gasteiger partial charge is 0.384 e. The SMILES string of the molecule is CCCNc1cncc(NCc2ccc(C#N)cc2)c1. The lowest BCUT2D eigenvalue weighted by molar-refractivity contribution is 0.977. The van der Waals surface area contributed by atoms with Crippen molar-refractivity contribution >= 4 is 11.4 Å². The Labute approximate surface area is 119 Å². The molecule has 0 amide bonds. The van der Waals surface area contributed by atoms with Crippen molar-refractivity contribution < 1.29 is 0 Å². The molecule has 0 fully saturated rings. The van der Waals surface area contributed by atoms with E-state index in [0.29, 0.717) is 12.1 Å². The molecular formula is C16H18N4. The highest BCUT2D eigenvalue weighted by Gasteiger charge is 1.98. The first-order chi connectivity index (χ1) is 9.81. The number of nitrogens with one attached hydrogen (secondary N) is 2. The van der Waals surface area contributed by atoms with Crippen LogP contribution in [0, 0.1) is 11.3 Å². The minimum Gasteiger partial charge on any atom is -0.384 e. The van der Waals surface area contributed by atoms with Gasteiger partial charge in [0.25, 0.3) is 0 Å². The highest BCUT2D eigenvalue weighted by atomic mass is 14.9. The Bertz CT molecular complexity index is 584. The van der Waals surface area contributed by atoms with Crippen molar-refractivity contribution in [3.63, 3.8) is 0 Å². The summed E-state index contributed by atoms with van der Waals surface area (Å²) in [6.07, 6.45) is 4.71. The smallest absolute Gasteiger partial charge is 0.0991 e.